The zero-order valence-corrected chi connectivity index (χ0v) is 11.6. The van der Waals surface area contributed by atoms with Crippen molar-refractivity contribution in [1.29, 1.82) is 0 Å². The van der Waals surface area contributed by atoms with Crippen molar-refractivity contribution in [2.75, 3.05) is 19.0 Å². The Bertz CT molecular complexity index is 411. The van der Waals surface area contributed by atoms with Gasteiger partial charge in [0, 0.05) is 25.5 Å². The van der Waals surface area contributed by atoms with Crippen LogP contribution in [0.1, 0.15) is 19.4 Å². The maximum atomic E-state index is 13.2. The number of rotatable bonds is 3. The fourth-order valence-electron chi connectivity index (χ4n) is 2.51. The zero-order valence-electron chi connectivity index (χ0n) is 10.8. The summed E-state index contributed by atoms with van der Waals surface area (Å²) in [6.45, 7) is 6.48. The van der Waals surface area contributed by atoms with Crippen LogP contribution in [0.3, 0.4) is 0 Å². The lowest BCUT2D eigenvalue weighted by molar-refractivity contribution is -0.129. The van der Waals surface area contributed by atoms with Gasteiger partial charge in [-0.3, -0.25) is 4.90 Å². The summed E-state index contributed by atoms with van der Waals surface area (Å²) in [5.41, 5.74) is 0.784. The van der Waals surface area contributed by atoms with E-state index in [4.69, 9.17) is 16.3 Å². The van der Waals surface area contributed by atoms with Crippen LogP contribution in [0.5, 0.6) is 0 Å². The van der Waals surface area contributed by atoms with Gasteiger partial charge >= 0.3 is 0 Å². The van der Waals surface area contributed by atoms with Gasteiger partial charge in [-0.2, -0.15) is 0 Å². The highest BCUT2D eigenvalue weighted by molar-refractivity contribution is 6.18. The highest BCUT2D eigenvalue weighted by atomic mass is 35.5. The number of halogens is 2. The highest BCUT2D eigenvalue weighted by Gasteiger charge is 2.32. The predicted octanol–water partition coefficient (Wildman–Crippen LogP) is 3.04. The molecular formula is C14H19ClFNO. The van der Waals surface area contributed by atoms with Crippen LogP contribution in [0.25, 0.3) is 0 Å². The van der Waals surface area contributed by atoms with Crippen molar-refractivity contribution in [1.82, 2.24) is 4.90 Å². The number of morpholine rings is 1. The fraction of sp³-hybridized carbons (Fsp3) is 0.571. The molecule has 1 heterocycles. The summed E-state index contributed by atoms with van der Waals surface area (Å²) in [5.74, 6) is 0.303. The summed E-state index contributed by atoms with van der Waals surface area (Å²) < 4.78 is 19.0. The molecule has 1 unspecified atom stereocenters. The molecule has 100 valence electrons. The molecule has 0 radical (unpaired) electrons. The maximum Gasteiger partial charge on any atom is 0.123 e. The van der Waals surface area contributed by atoms with Gasteiger partial charge in [-0.05, 0) is 31.5 Å². The molecule has 0 amide bonds. The van der Waals surface area contributed by atoms with Crippen molar-refractivity contribution < 1.29 is 9.13 Å². The topological polar surface area (TPSA) is 12.5 Å². The average Bonchev–Trinajstić information content (AvgIpc) is 2.26. The maximum absolute atomic E-state index is 13.2. The summed E-state index contributed by atoms with van der Waals surface area (Å²) >= 11 is 5.89. The summed E-state index contributed by atoms with van der Waals surface area (Å²) in [6.07, 6.45) is 0.0453. The van der Waals surface area contributed by atoms with Gasteiger partial charge in [0.2, 0.25) is 0 Å². The van der Waals surface area contributed by atoms with Crippen molar-refractivity contribution in [2.24, 2.45) is 0 Å². The molecule has 0 saturated carbocycles. The first-order valence-corrected chi connectivity index (χ1v) is 6.72. The largest absolute Gasteiger partial charge is 0.368 e. The third kappa shape index (κ3) is 3.67. The number of hydrogen-bond acceptors (Lipinski definition) is 2. The van der Waals surface area contributed by atoms with Crippen LogP contribution in [0.15, 0.2) is 24.3 Å². The molecule has 1 saturated heterocycles. The summed E-state index contributed by atoms with van der Waals surface area (Å²) in [4.78, 5) is 2.27. The molecule has 0 aliphatic carbocycles. The molecule has 0 spiro atoms. The Morgan fingerprint density at radius 3 is 2.94 bits per heavy atom. The second kappa shape index (κ2) is 5.55. The molecular weight excluding hydrogens is 253 g/mol. The van der Waals surface area contributed by atoms with Gasteiger partial charge in [0.1, 0.15) is 5.82 Å². The van der Waals surface area contributed by atoms with Crippen LogP contribution in [0.4, 0.5) is 4.39 Å². The Morgan fingerprint density at radius 2 is 2.28 bits per heavy atom. The van der Waals surface area contributed by atoms with E-state index < -0.39 is 0 Å². The van der Waals surface area contributed by atoms with E-state index in [1.165, 1.54) is 6.07 Å². The summed E-state index contributed by atoms with van der Waals surface area (Å²) in [6, 6.07) is 6.74. The van der Waals surface area contributed by atoms with Gasteiger partial charge in [-0.25, -0.2) is 4.39 Å². The summed E-state index contributed by atoms with van der Waals surface area (Å²) in [7, 11) is 0. The van der Waals surface area contributed by atoms with Crippen LogP contribution < -0.4 is 0 Å². The number of hydrogen-bond donors (Lipinski definition) is 0. The van der Waals surface area contributed by atoms with Gasteiger partial charge in [0.25, 0.3) is 0 Å². The van der Waals surface area contributed by atoms with Gasteiger partial charge in [0.15, 0.2) is 0 Å². The molecule has 1 atom stereocenters. The van der Waals surface area contributed by atoms with E-state index in [-0.39, 0.29) is 17.5 Å². The Morgan fingerprint density at radius 1 is 1.50 bits per heavy atom. The Kier molecular flexibility index (Phi) is 4.25. The molecule has 0 N–H and O–H groups in total. The van der Waals surface area contributed by atoms with Crippen molar-refractivity contribution in [3.63, 3.8) is 0 Å². The molecule has 0 bridgehead atoms. The van der Waals surface area contributed by atoms with Gasteiger partial charge in [0.05, 0.1) is 11.7 Å². The van der Waals surface area contributed by atoms with Crippen LogP contribution in [-0.4, -0.2) is 35.6 Å². The number of nitrogens with zero attached hydrogens (tertiary/aromatic N) is 1. The molecule has 1 aliphatic heterocycles. The fourth-order valence-corrected chi connectivity index (χ4v) is 2.67. The van der Waals surface area contributed by atoms with E-state index in [1.807, 2.05) is 6.07 Å². The molecule has 1 fully saturated rings. The standard InChI is InChI=1S/C14H19ClFNO/c1-14(2)10-17(9-13(7-15)18-14)8-11-4-3-5-12(16)6-11/h3-6,13H,7-10H2,1-2H3. The van der Waals surface area contributed by atoms with Crippen LogP contribution in [0.2, 0.25) is 0 Å². The first kappa shape index (κ1) is 13.8. The van der Waals surface area contributed by atoms with Gasteiger partial charge < -0.3 is 4.74 Å². The van der Waals surface area contributed by atoms with E-state index in [2.05, 4.69) is 18.7 Å². The Hall–Kier alpha value is -0.640. The van der Waals surface area contributed by atoms with Crippen molar-refractivity contribution in [3.05, 3.63) is 35.6 Å². The predicted molar refractivity (Wildman–Crippen MR) is 71.3 cm³/mol. The van der Waals surface area contributed by atoms with E-state index in [0.29, 0.717) is 5.88 Å². The minimum Gasteiger partial charge on any atom is -0.368 e. The zero-order chi connectivity index (χ0) is 13.2. The van der Waals surface area contributed by atoms with Crippen molar-refractivity contribution in [3.8, 4) is 0 Å². The van der Waals surface area contributed by atoms with E-state index >= 15 is 0 Å². The minimum atomic E-state index is -0.203. The number of benzene rings is 1. The molecule has 4 heteroatoms. The van der Waals surface area contributed by atoms with E-state index in [9.17, 15) is 4.39 Å². The molecule has 2 nitrogen and oxygen atoms in total. The molecule has 1 aliphatic rings. The molecule has 1 aromatic carbocycles. The number of alkyl halides is 1. The minimum absolute atomic E-state index is 0.0453. The van der Waals surface area contributed by atoms with Gasteiger partial charge in [-0.15, -0.1) is 11.6 Å². The first-order chi connectivity index (χ1) is 8.48. The molecule has 0 aromatic heterocycles. The quantitative estimate of drug-likeness (QED) is 0.784. The average molecular weight is 272 g/mol. The SMILES string of the molecule is CC1(C)CN(Cc2cccc(F)c2)CC(CCl)O1. The first-order valence-electron chi connectivity index (χ1n) is 6.19. The molecule has 18 heavy (non-hydrogen) atoms. The van der Waals surface area contributed by atoms with Crippen LogP contribution in [-0.2, 0) is 11.3 Å². The molecule has 1 aromatic rings. The van der Waals surface area contributed by atoms with Crippen LogP contribution >= 0.6 is 11.6 Å². The smallest absolute Gasteiger partial charge is 0.123 e. The summed E-state index contributed by atoms with van der Waals surface area (Å²) in [5, 5.41) is 0. The third-order valence-electron chi connectivity index (χ3n) is 3.02. The second-order valence-corrected chi connectivity index (χ2v) is 5.76. The Balaban J connectivity index is 2.04. The van der Waals surface area contributed by atoms with Crippen molar-refractivity contribution in [2.45, 2.75) is 32.1 Å². The lowest BCUT2D eigenvalue weighted by Crippen LogP contribution is -2.52. The van der Waals surface area contributed by atoms with E-state index in [0.717, 1.165) is 25.2 Å². The van der Waals surface area contributed by atoms with E-state index in [1.54, 1.807) is 12.1 Å². The number of ether oxygens (including phenoxy) is 1. The van der Waals surface area contributed by atoms with Gasteiger partial charge in [-0.1, -0.05) is 12.1 Å². The second-order valence-electron chi connectivity index (χ2n) is 5.45. The normalized spacial score (nSPS) is 24.1. The lowest BCUT2D eigenvalue weighted by Gasteiger charge is -2.42. The highest BCUT2D eigenvalue weighted by Crippen LogP contribution is 2.23. The third-order valence-corrected chi connectivity index (χ3v) is 3.36. The Labute approximate surface area is 113 Å². The monoisotopic (exact) mass is 271 g/mol. The lowest BCUT2D eigenvalue weighted by atomic mass is 10.0. The van der Waals surface area contributed by atoms with Crippen LogP contribution in [0, 0.1) is 5.82 Å². The van der Waals surface area contributed by atoms with Crippen molar-refractivity contribution >= 4 is 11.6 Å². The molecule has 2 rings (SSSR count).